The number of sulfonamides is 1. The largest absolute Gasteiger partial charge is 0.497 e. The van der Waals surface area contributed by atoms with Crippen LogP contribution in [0.2, 0.25) is 0 Å². The number of hydrogen-bond donors (Lipinski definition) is 1. The Labute approximate surface area is 254 Å². The van der Waals surface area contributed by atoms with Gasteiger partial charge in [-0.25, -0.2) is 8.42 Å². The van der Waals surface area contributed by atoms with E-state index in [9.17, 15) is 18.0 Å². The molecule has 1 saturated carbocycles. The molecule has 1 atom stereocenters. The van der Waals surface area contributed by atoms with E-state index in [1.54, 1.807) is 50.4 Å². The first-order valence-corrected chi connectivity index (χ1v) is 16.5. The SMILES string of the molecule is COc1cccc(CN(C(=O)CN(c2ccc(OCc3ccccc3)cc2)S(C)(=O)=O)C(C)C(=O)NC2CCCCC2)c1. The lowest BCUT2D eigenvalue weighted by Gasteiger charge is -2.33. The maximum Gasteiger partial charge on any atom is 0.244 e. The molecule has 1 N–H and O–H groups in total. The third kappa shape index (κ3) is 9.22. The quantitative estimate of drug-likeness (QED) is 0.296. The lowest BCUT2D eigenvalue weighted by Crippen LogP contribution is -2.52. The van der Waals surface area contributed by atoms with E-state index in [2.05, 4.69) is 5.32 Å². The van der Waals surface area contributed by atoms with Crippen LogP contribution in [0.1, 0.15) is 50.2 Å². The number of nitrogens with one attached hydrogen (secondary N) is 1. The van der Waals surface area contributed by atoms with Crippen LogP contribution in [-0.2, 0) is 32.8 Å². The van der Waals surface area contributed by atoms with Crippen molar-refractivity contribution >= 4 is 27.5 Å². The molecule has 1 aliphatic carbocycles. The van der Waals surface area contributed by atoms with E-state index in [-0.39, 0.29) is 18.5 Å². The van der Waals surface area contributed by atoms with Crippen LogP contribution in [0, 0.1) is 0 Å². The maximum atomic E-state index is 13.9. The van der Waals surface area contributed by atoms with Gasteiger partial charge in [-0.15, -0.1) is 0 Å². The molecule has 0 heterocycles. The number of ether oxygens (including phenoxy) is 2. The fourth-order valence-corrected chi connectivity index (χ4v) is 6.03. The van der Waals surface area contributed by atoms with Gasteiger partial charge in [0.1, 0.15) is 30.7 Å². The van der Waals surface area contributed by atoms with Crippen LogP contribution in [0.25, 0.3) is 0 Å². The summed E-state index contributed by atoms with van der Waals surface area (Å²) in [5.41, 5.74) is 2.09. The summed E-state index contributed by atoms with van der Waals surface area (Å²) in [6.45, 7) is 1.70. The summed E-state index contributed by atoms with van der Waals surface area (Å²) < 4.78 is 38.1. The minimum absolute atomic E-state index is 0.0765. The summed E-state index contributed by atoms with van der Waals surface area (Å²) >= 11 is 0. The Bertz CT molecular complexity index is 1460. The Hall–Kier alpha value is -4.05. The van der Waals surface area contributed by atoms with E-state index in [4.69, 9.17) is 9.47 Å². The normalized spacial score (nSPS) is 14.4. The molecule has 1 fully saturated rings. The molecule has 1 unspecified atom stereocenters. The van der Waals surface area contributed by atoms with Gasteiger partial charge >= 0.3 is 0 Å². The lowest BCUT2D eigenvalue weighted by molar-refractivity contribution is -0.139. The van der Waals surface area contributed by atoms with Crippen LogP contribution in [0.5, 0.6) is 11.5 Å². The first-order valence-electron chi connectivity index (χ1n) is 14.6. The van der Waals surface area contributed by atoms with Crippen molar-refractivity contribution in [2.75, 3.05) is 24.2 Å². The first-order chi connectivity index (χ1) is 20.6. The molecule has 0 saturated heterocycles. The van der Waals surface area contributed by atoms with Crippen molar-refractivity contribution in [3.63, 3.8) is 0 Å². The van der Waals surface area contributed by atoms with Crippen LogP contribution >= 0.6 is 0 Å². The van der Waals surface area contributed by atoms with Crippen molar-refractivity contribution in [2.45, 2.75) is 64.3 Å². The predicted octanol–water partition coefficient (Wildman–Crippen LogP) is 4.91. The van der Waals surface area contributed by atoms with E-state index >= 15 is 0 Å². The molecule has 0 radical (unpaired) electrons. The van der Waals surface area contributed by atoms with Crippen molar-refractivity contribution < 1.29 is 27.5 Å². The highest BCUT2D eigenvalue weighted by atomic mass is 32.2. The van der Waals surface area contributed by atoms with Crippen LogP contribution in [0.4, 0.5) is 5.69 Å². The van der Waals surface area contributed by atoms with Crippen LogP contribution in [0.15, 0.2) is 78.9 Å². The number of amides is 2. The Morgan fingerprint density at radius 1 is 0.907 bits per heavy atom. The molecule has 9 nitrogen and oxygen atoms in total. The zero-order valence-electron chi connectivity index (χ0n) is 25.1. The highest BCUT2D eigenvalue weighted by molar-refractivity contribution is 7.92. The van der Waals surface area contributed by atoms with Gasteiger partial charge in [-0.1, -0.05) is 61.7 Å². The molecule has 230 valence electrons. The Morgan fingerprint density at radius 3 is 2.23 bits per heavy atom. The summed E-state index contributed by atoms with van der Waals surface area (Å²) in [6, 6.07) is 22.8. The van der Waals surface area contributed by atoms with E-state index in [1.165, 1.54) is 4.90 Å². The highest BCUT2D eigenvalue weighted by Crippen LogP contribution is 2.24. The molecule has 10 heteroatoms. The van der Waals surface area contributed by atoms with Gasteiger partial charge in [-0.2, -0.15) is 0 Å². The number of carbonyl (C=O) groups is 2. The Kier molecular flexibility index (Phi) is 11.1. The molecule has 0 aromatic heterocycles. The fraction of sp³-hybridized carbons (Fsp3) is 0.394. The van der Waals surface area contributed by atoms with Crippen molar-refractivity contribution in [2.24, 2.45) is 0 Å². The number of rotatable bonds is 13. The number of nitrogens with zero attached hydrogens (tertiary/aromatic N) is 2. The number of methoxy groups -OCH3 is 1. The van der Waals surface area contributed by atoms with Gasteiger partial charge in [0, 0.05) is 12.6 Å². The van der Waals surface area contributed by atoms with Crippen LogP contribution in [0.3, 0.4) is 0 Å². The van der Waals surface area contributed by atoms with Crippen molar-refractivity contribution in [1.82, 2.24) is 10.2 Å². The average molecular weight is 608 g/mol. The molecule has 3 aromatic rings. The molecule has 3 aromatic carbocycles. The molecular weight excluding hydrogens is 566 g/mol. The van der Waals surface area contributed by atoms with Gasteiger partial charge in [0.25, 0.3) is 0 Å². The molecule has 2 amide bonds. The minimum Gasteiger partial charge on any atom is -0.497 e. The monoisotopic (exact) mass is 607 g/mol. The highest BCUT2D eigenvalue weighted by Gasteiger charge is 2.31. The molecule has 0 spiro atoms. The van der Waals surface area contributed by atoms with Crippen LogP contribution in [-0.4, -0.2) is 57.1 Å². The topological polar surface area (TPSA) is 105 Å². The van der Waals surface area contributed by atoms with Crippen molar-refractivity contribution in [3.05, 3.63) is 90.0 Å². The number of hydrogen-bond acceptors (Lipinski definition) is 6. The molecule has 0 aliphatic heterocycles. The number of anilines is 1. The Balaban J connectivity index is 1.53. The Morgan fingerprint density at radius 2 is 1.58 bits per heavy atom. The van der Waals surface area contributed by atoms with Gasteiger partial charge in [-0.05, 0) is 67.3 Å². The summed E-state index contributed by atoms with van der Waals surface area (Å²) in [5, 5.41) is 3.10. The second-order valence-corrected chi connectivity index (χ2v) is 12.8. The standard InChI is InChI=1S/C33H41N3O6S/c1-25(33(38)34-28-14-8-5-9-15-28)35(22-27-13-10-16-31(21-27)41-2)32(37)23-36(43(3,39)40)29-17-19-30(20-18-29)42-24-26-11-6-4-7-12-26/h4,6-7,10-13,16-21,25,28H,5,8-9,14-15,22-24H2,1-3H3,(H,34,38). The van der Waals surface area contributed by atoms with Gasteiger partial charge in [-0.3, -0.25) is 13.9 Å². The van der Waals surface area contributed by atoms with Gasteiger partial charge in [0.15, 0.2) is 0 Å². The molecule has 0 bridgehead atoms. The first kappa shape index (κ1) is 31.9. The van der Waals surface area contributed by atoms with E-state index in [0.717, 1.165) is 53.8 Å². The number of carbonyl (C=O) groups excluding carboxylic acids is 2. The molecule has 1 aliphatic rings. The average Bonchev–Trinajstić information content (AvgIpc) is 3.02. The molecule has 43 heavy (non-hydrogen) atoms. The summed E-state index contributed by atoms with van der Waals surface area (Å²) in [4.78, 5) is 28.7. The lowest BCUT2D eigenvalue weighted by atomic mass is 9.95. The summed E-state index contributed by atoms with van der Waals surface area (Å²) in [5.74, 6) is 0.439. The fourth-order valence-electron chi connectivity index (χ4n) is 5.18. The van der Waals surface area contributed by atoms with Crippen LogP contribution < -0.4 is 19.1 Å². The van der Waals surface area contributed by atoms with Gasteiger partial charge < -0.3 is 19.7 Å². The predicted molar refractivity (Wildman–Crippen MR) is 167 cm³/mol. The zero-order chi connectivity index (χ0) is 30.8. The zero-order valence-corrected chi connectivity index (χ0v) is 25.9. The van der Waals surface area contributed by atoms with Gasteiger partial charge in [0.05, 0.1) is 19.1 Å². The summed E-state index contributed by atoms with van der Waals surface area (Å²) in [6.07, 6.45) is 6.16. The third-order valence-corrected chi connectivity index (χ3v) is 8.80. The van der Waals surface area contributed by atoms with Gasteiger partial charge in [0.2, 0.25) is 21.8 Å². The smallest absolute Gasteiger partial charge is 0.244 e. The van der Waals surface area contributed by atoms with E-state index in [0.29, 0.717) is 23.8 Å². The van der Waals surface area contributed by atoms with E-state index in [1.807, 2.05) is 42.5 Å². The molecular formula is C33H41N3O6S. The third-order valence-electron chi connectivity index (χ3n) is 7.66. The van der Waals surface area contributed by atoms with E-state index < -0.39 is 28.5 Å². The van der Waals surface area contributed by atoms with Crippen molar-refractivity contribution in [3.8, 4) is 11.5 Å². The van der Waals surface area contributed by atoms with Crippen molar-refractivity contribution in [1.29, 1.82) is 0 Å². The summed E-state index contributed by atoms with van der Waals surface area (Å²) in [7, 11) is -2.28. The number of benzene rings is 3. The second-order valence-electron chi connectivity index (χ2n) is 10.9. The molecule has 4 rings (SSSR count). The minimum atomic E-state index is -3.84. The maximum absolute atomic E-state index is 13.9. The second kappa shape index (κ2) is 14.9.